The molecule has 146 valence electrons. The van der Waals surface area contributed by atoms with E-state index in [4.69, 9.17) is 0 Å². The van der Waals surface area contributed by atoms with E-state index in [0.29, 0.717) is 17.9 Å². The molecule has 28 heavy (non-hydrogen) atoms. The van der Waals surface area contributed by atoms with E-state index in [-0.39, 0.29) is 11.8 Å². The molecule has 2 saturated heterocycles. The van der Waals surface area contributed by atoms with E-state index >= 15 is 0 Å². The summed E-state index contributed by atoms with van der Waals surface area (Å²) in [7, 11) is 0. The van der Waals surface area contributed by atoms with Gasteiger partial charge in [-0.15, -0.1) is 0 Å². The Bertz CT molecular complexity index is 894. The highest BCUT2D eigenvalue weighted by Gasteiger charge is 2.53. The smallest absolute Gasteiger partial charge is 0.322 e. The van der Waals surface area contributed by atoms with Crippen LogP contribution in [-0.2, 0) is 16.9 Å². The third-order valence-corrected chi connectivity index (χ3v) is 5.84. The average Bonchev–Trinajstić information content (AvgIpc) is 3.01. The summed E-state index contributed by atoms with van der Waals surface area (Å²) < 4.78 is 0. The van der Waals surface area contributed by atoms with Gasteiger partial charge in [-0.05, 0) is 50.9 Å². The Balaban J connectivity index is 1.52. The molecule has 1 unspecified atom stereocenters. The number of aromatic nitrogens is 1. The zero-order valence-corrected chi connectivity index (χ0v) is 15.8. The molecule has 1 aromatic heterocycles. The zero-order valence-electron chi connectivity index (χ0n) is 15.8. The number of aryl methyl sites for hydroxylation is 1. The minimum Gasteiger partial charge on any atom is -0.508 e. The third kappa shape index (κ3) is 3.22. The van der Waals surface area contributed by atoms with E-state index in [2.05, 4.69) is 20.5 Å². The lowest BCUT2D eigenvalue weighted by Gasteiger charge is -2.40. The molecule has 0 bridgehead atoms. The number of pyridine rings is 1. The van der Waals surface area contributed by atoms with Crippen LogP contribution in [0, 0.1) is 12.8 Å². The molecule has 7 heteroatoms. The van der Waals surface area contributed by atoms with Crippen molar-refractivity contribution in [3.8, 4) is 5.75 Å². The van der Waals surface area contributed by atoms with Crippen molar-refractivity contribution in [3.05, 3.63) is 59.4 Å². The highest BCUT2D eigenvalue weighted by Crippen LogP contribution is 2.39. The predicted molar refractivity (Wildman–Crippen MR) is 103 cm³/mol. The molecule has 2 aliphatic rings. The average molecular weight is 380 g/mol. The van der Waals surface area contributed by atoms with Crippen molar-refractivity contribution in [1.29, 1.82) is 0 Å². The van der Waals surface area contributed by atoms with Crippen LogP contribution in [0.5, 0.6) is 5.75 Å². The van der Waals surface area contributed by atoms with Gasteiger partial charge >= 0.3 is 6.03 Å². The van der Waals surface area contributed by atoms with Crippen molar-refractivity contribution in [2.24, 2.45) is 5.92 Å². The van der Waals surface area contributed by atoms with Gasteiger partial charge in [0.2, 0.25) is 0 Å². The first-order valence-corrected chi connectivity index (χ1v) is 9.54. The summed E-state index contributed by atoms with van der Waals surface area (Å²) in [5, 5.41) is 15.4. The van der Waals surface area contributed by atoms with Crippen LogP contribution in [0.3, 0.4) is 0 Å². The Morgan fingerprint density at radius 2 is 2.04 bits per heavy atom. The Kier molecular flexibility index (Phi) is 4.77. The second-order valence-corrected chi connectivity index (χ2v) is 7.64. The number of benzene rings is 1. The lowest BCUT2D eigenvalue weighted by Crippen LogP contribution is -2.53. The predicted octanol–water partition coefficient (Wildman–Crippen LogP) is 2.04. The summed E-state index contributed by atoms with van der Waals surface area (Å²) in [6, 6.07) is 8.79. The van der Waals surface area contributed by atoms with Crippen molar-refractivity contribution in [3.63, 3.8) is 0 Å². The molecule has 7 nitrogen and oxygen atoms in total. The molecular weight excluding hydrogens is 356 g/mol. The maximum Gasteiger partial charge on any atom is 0.322 e. The van der Waals surface area contributed by atoms with E-state index < -0.39 is 11.6 Å². The summed E-state index contributed by atoms with van der Waals surface area (Å²) in [6.07, 6.45) is 4.83. The molecule has 3 amide bonds. The quantitative estimate of drug-likeness (QED) is 0.706. The molecule has 4 rings (SSSR count). The third-order valence-electron chi connectivity index (χ3n) is 5.84. The number of nitrogens with zero attached hydrogens (tertiary/aromatic N) is 2. The van der Waals surface area contributed by atoms with E-state index in [1.54, 1.807) is 24.5 Å². The maximum absolute atomic E-state index is 12.8. The first kappa shape index (κ1) is 18.4. The Morgan fingerprint density at radius 3 is 2.68 bits per heavy atom. The summed E-state index contributed by atoms with van der Waals surface area (Å²) >= 11 is 0. The number of phenolic OH excluding ortho intramolecular Hbond substituents is 1. The Hall–Kier alpha value is -2.93. The molecule has 3 N–H and O–H groups in total. The molecule has 1 atom stereocenters. The molecule has 0 spiro atoms. The molecule has 2 fully saturated rings. The lowest BCUT2D eigenvalue weighted by molar-refractivity contribution is -0.127. The fourth-order valence-electron chi connectivity index (χ4n) is 4.40. The number of carbonyl (C=O) groups is 2. The van der Waals surface area contributed by atoms with Crippen LogP contribution in [0.25, 0.3) is 0 Å². The number of phenols is 1. The van der Waals surface area contributed by atoms with Gasteiger partial charge in [-0.1, -0.05) is 23.8 Å². The minimum absolute atomic E-state index is 0.0227. The molecule has 0 aliphatic carbocycles. The topological polar surface area (TPSA) is 94.6 Å². The SMILES string of the molecule is Cc1ccc(O)c(CN2CCC(C3(c4cccnc4)NC(=O)NC3=O)CC2)c1. The number of nitrogens with one attached hydrogen (secondary N) is 2. The van der Waals surface area contributed by atoms with Gasteiger partial charge in [0, 0.05) is 30.1 Å². The number of piperidine rings is 1. The number of imide groups is 1. The summed E-state index contributed by atoms with van der Waals surface area (Å²) in [5.41, 5.74) is 1.67. The van der Waals surface area contributed by atoms with Crippen LogP contribution in [0.15, 0.2) is 42.7 Å². The number of likely N-dealkylation sites (tertiary alicyclic amines) is 1. The lowest BCUT2D eigenvalue weighted by atomic mass is 9.73. The summed E-state index contributed by atoms with van der Waals surface area (Å²) in [5.74, 6) is -0.0206. The largest absolute Gasteiger partial charge is 0.508 e. The van der Waals surface area contributed by atoms with Crippen molar-refractivity contribution >= 4 is 11.9 Å². The second kappa shape index (κ2) is 7.24. The minimum atomic E-state index is -1.07. The number of carbonyl (C=O) groups excluding carboxylic acids is 2. The molecule has 0 radical (unpaired) electrons. The Labute approximate surface area is 163 Å². The van der Waals surface area contributed by atoms with Crippen molar-refractivity contribution in [2.45, 2.75) is 31.8 Å². The van der Waals surface area contributed by atoms with Crippen molar-refractivity contribution in [1.82, 2.24) is 20.5 Å². The second-order valence-electron chi connectivity index (χ2n) is 7.64. The highest BCUT2D eigenvalue weighted by molar-refractivity contribution is 6.07. The number of amides is 3. The number of urea groups is 1. The monoisotopic (exact) mass is 380 g/mol. The van der Waals surface area contributed by atoms with E-state index in [1.807, 2.05) is 25.1 Å². The van der Waals surface area contributed by atoms with Gasteiger partial charge < -0.3 is 10.4 Å². The number of aromatic hydroxyl groups is 1. The van der Waals surface area contributed by atoms with E-state index in [0.717, 1.165) is 37.1 Å². The van der Waals surface area contributed by atoms with Crippen LogP contribution >= 0.6 is 0 Å². The van der Waals surface area contributed by atoms with Gasteiger partial charge in [0.25, 0.3) is 5.91 Å². The van der Waals surface area contributed by atoms with Crippen molar-refractivity contribution in [2.75, 3.05) is 13.1 Å². The van der Waals surface area contributed by atoms with Crippen LogP contribution in [-0.4, -0.2) is 40.0 Å². The van der Waals surface area contributed by atoms with Gasteiger partial charge in [0.1, 0.15) is 5.75 Å². The van der Waals surface area contributed by atoms with Gasteiger partial charge in [-0.3, -0.25) is 20.0 Å². The molecule has 2 aliphatic heterocycles. The normalized spacial score (nSPS) is 23.5. The van der Waals surface area contributed by atoms with Gasteiger partial charge in [-0.2, -0.15) is 0 Å². The van der Waals surface area contributed by atoms with E-state index in [1.165, 1.54) is 0 Å². The molecule has 0 saturated carbocycles. The van der Waals surface area contributed by atoms with Crippen LogP contribution in [0.1, 0.15) is 29.5 Å². The first-order valence-electron chi connectivity index (χ1n) is 9.54. The summed E-state index contributed by atoms with van der Waals surface area (Å²) in [6.45, 7) is 4.24. The highest BCUT2D eigenvalue weighted by atomic mass is 16.3. The fourth-order valence-corrected chi connectivity index (χ4v) is 4.40. The number of rotatable bonds is 4. The van der Waals surface area contributed by atoms with Crippen molar-refractivity contribution < 1.29 is 14.7 Å². The maximum atomic E-state index is 12.8. The standard InChI is InChI=1S/C21H24N4O3/c1-14-4-5-18(26)15(11-14)13-25-9-6-16(7-10-25)21(17-3-2-8-22-12-17)19(27)23-20(28)24-21/h2-5,8,11-12,16,26H,6-7,9-10,13H2,1H3,(H2,23,24,27,28). The molecule has 3 heterocycles. The van der Waals surface area contributed by atoms with Crippen LogP contribution < -0.4 is 10.6 Å². The molecular formula is C21H24N4O3. The van der Waals surface area contributed by atoms with Gasteiger partial charge in [0.05, 0.1) is 0 Å². The van der Waals surface area contributed by atoms with Crippen LogP contribution in [0.2, 0.25) is 0 Å². The number of hydrogen-bond donors (Lipinski definition) is 3. The summed E-state index contributed by atoms with van der Waals surface area (Å²) in [4.78, 5) is 31.2. The Morgan fingerprint density at radius 1 is 1.25 bits per heavy atom. The number of hydrogen-bond acceptors (Lipinski definition) is 5. The molecule has 2 aromatic rings. The molecule has 1 aromatic carbocycles. The fraction of sp³-hybridized carbons (Fsp3) is 0.381. The first-order chi connectivity index (χ1) is 13.5. The zero-order chi connectivity index (χ0) is 19.7. The van der Waals surface area contributed by atoms with E-state index in [9.17, 15) is 14.7 Å². The van der Waals surface area contributed by atoms with Crippen LogP contribution in [0.4, 0.5) is 4.79 Å². The van der Waals surface area contributed by atoms with Gasteiger partial charge in [0.15, 0.2) is 5.54 Å². The van der Waals surface area contributed by atoms with Gasteiger partial charge in [-0.25, -0.2) is 4.79 Å².